The number of amides is 2. The molecule has 0 saturated heterocycles. The molecule has 3 N–H and O–H groups in total. The van der Waals surface area contributed by atoms with E-state index in [1.807, 2.05) is 6.92 Å². The second-order valence-corrected chi connectivity index (χ2v) is 6.71. The summed E-state index contributed by atoms with van der Waals surface area (Å²) >= 11 is 17.8. The van der Waals surface area contributed by atoms with Crippen molar-refractivity contribution in [1.29, 1.82) is 0 Å². The SMILES string of the molecule is CCCNC(=O)c1cccc(NCC(=O)Nc2cc(Cl)c(Cl)cc2Cl)c1. The van der Waals surface area contributed by atoms with Gasteiger partial charge in [0.05, 0.1) is 27.3 Å². The largest absolute Gasteiger partial charge is 0.376 e. The Kier molecular flexibility index (Phi) is 7.57. The molecule has 2 amide bonds. The van der Waals surface area contributed by atoms with E-state index in [0.29, 0.717) is 38.6 Å². The zero-order valence-corrected chi connectivity index (χ0v) is 16.3. The van der Waals surface area contributed by atoms with E-state index in [9.17, 15) is 9.59 Å². The van der Waals surface area contributed by atoms with Crippen molar-refractivity contribution in [2.75, 3.05) is 23.7 Å². The van der Waals surface area contributed by atoms with Crippen molar-refractivity contribution in [3.05, 3.63) is 57.0 Å². The third kappa shape index (κ3) is 5.80. The predicted octanol–water partition coefficient (Wildman–Crippen LogP) is 4.84. The Labute approximate surface area is 167 Å². The van der Waals surface area contributed by atoms with Gasteiger partial charge in [0.2, 0.25) is 5.91 Å². The topological polar surface area (TPSA) is 70.2 Å². The van der Waals surface area contributed by atoms with Crippen LogP contribution in [0.5, 0.6) is 0 Å². The number of benzene rings is 2. The average Bonchev–Trinajstić information content (AvgIpc) is 2.62. The molecule has 2 aromatic carbocycles. The lowest BCUT2D eigenvalue weighted by Gasteiger charge is -2.11. The molecule has 0 bridgehead atoms. The van der Waals surface area contributed by atoms with E-state index >= 15 is 0 Å². The molecule has 0 atom stereocenters. The molecule has 0 aliphatic heterocycles. The van der Waals surface area contributed by atoms with Crippen molar-refractivity contribution >= 4 is 58.0 Å². The van der Waals surface area contributed by atoms with Crippen LogP contribution in [-0.4, -0.2) is 24.9 Å². The van der Waals surface area contributed by atoms with Crippen molar-refractivity contribution in [2.24, 2.45) is 0 Å². The molecule has 0 fully saturated rings. The summed E-state index contributed by atoms with van der Waals surface area (Å²) in [7, 11) is 0. The molecule has 2 rings (SSSR count). The highest BCUT2D eigenvalue weighted by molar-refractivity contribution is 6.44. The van der Waals surface area contributed by atoms with Crippen molar-refractivity contribution in [3.63, 3.8) is 0 Å². The Hall–Kier alpha value is -1.95. The van der Waals surface area contributed by atoms with Crippen LogP contribution in [-0.2, 0) is 4.79 Å². The fourth-order valence-electron chi connectivity index (χ4n) is 2.11. The lowest BCUT2D eigenvalue weighted by atomic mass is 10.2. The van der Waals surface area contributed by atoms with Gasteiger partial charge in [0.1, 0.15) is 0 Å². The molecule has 0 saturated carbocycles. The monoisotopic (exact) mass is 413 g/mol. The van der Waals surface area contributed by atoms with Gasteiger partial charge in [-0.1, -0.05) is 47.8 Å². The van der Waals surface area contributed by atoms with Gasteiger partial charge in [-0.3, -0.25) is 9.59 Å². The lowest BCUT2D eigenvalue weighted by molar-refractivity contribution is -0.114. The Morgan fingerprint density at radius 3 is 2.46 bits per heavy atom. The van der Waals surface area contributed by atoms with E-state index in [1.165, 1.54) is 12.1 Å². The number of hydrogen-bond donors (Lipinski definition) is 3. The second kappa shape index (κ2) is 9.67. The van der Waals surface area contributed by atoms with Gasteiger partial charge in [0.15, 0.2) is 0 Å². The Morgan fingerprint density at radius 1 is 1.00 bits per heavy atom. The maximum atomic E-state index is 12.1. The number of rotatable bonds is 7. The van der Waals surface area contributed by atoms with Crippen molar-refractivity contribution < 1.29 is 9.59 Å². The minimum absolute atomic E-state index is 0.00337. The van der Waals surface area contributed by atoms with E-state index < -0.39 is 0 Å². The molecule has 5 nitrogen and oxygen atoms in total. The van der Waals surface area contributed by atoms with E-state index in [-0.39, 0.29) is 18.4 Å². The molecule has 0 aliphatic carbocycles. The van der Waals surface area contributed by atoms with Crippen LogP contribution in [0.15, 0.2) is 36.4 Å². The van der Waals surface area contributed by atoms with E-state index in [4.69, 9.17) is 34.8 Å². The summed E-state index contributed by atoms with van der Waals surface area (Å²) in [4.78, 5) is 24.1. The molecular formula is C18H18Cl3N3O2. The Morgan fingerprint density at radius 2 is 1.73 bits per heavy atom. The van der Waals surface area contributed by atoms with Gasteiger partial charge in [0.25, 0.3) is 5.91 Å². The molecular weight excluding hydrogens is 397 g/mol. The minimum atomic E-state index is -0.314. The van der Waals surface area contributed by atoms with Crippen LogP contribution in [0.25, 0.3) is 0 Å². The highest BCUT2D eigenvalue weighted by atomic mass is 35.5. The van der Waals surface area contributed by atoms with Crippen molar-refractivity contribution in [3.8, 4) is 0 Å². The van der Waals surface area contributed by atoms with Gasteiger partial charge in [-0.2, -0.15) is 0 Å². The van der Waals surface area contributed by atoms with E-state index in [2.05, 4.69) is 16.0 Å². The molecule has 0 heterocycles. The number of halogens is 3. The van der Waals surface area contributed by atoms with Gasteiger partial charge in [-0.05, 0) is 36.8 Å². The van der Waals surface area contributed by atoms with Crippen molar-refractivity contribution in [1.82, 2.24) is 5.32 Å². The fourth-order valence-corrected chi connectivity index (χ4v) is 2.70. The Balaban J connectivity index is 1.95. The first kappa shape index (κ1) is 20.4. The molecule has 0 aliphatic rings. The summed E-state index contributed by atoms with van der Waals surface area (Å²) in [6.07, 6.45) is 0.862. The summed E-state index contributed by atoms with van der Waals surface area (Å²) in [5.41, 5.74) is 1.56. The van der Waals surface area contributed by atoms with Crippen LogP contribution in [0, 0.1) is 0 Å². The highest BCUT2D eigenvalue weighted by Crippen LogP contribution is 2.32. The van der Waals surface area contributed by atoms with Crippen LogP contribution in [0.1, 0.15) is 23.7 Å². The standard InChI is InChI=1S/C18H18Cl3N3O2/c1-2-6-22-18(26)11-4-3-5-12(7-11)23-10-17(25)24-16-9-14(20)13(19)8-15(16)21/h3-5,7-9,23H,2,6,10H2,1H3,(H,22,26)(H,24,25). The third-order valence-electron chi connectivity index (χ3n) is 3.40. The van der Waals surface area contributed by atoms with Crippen LogP contribution in [0.4, 0.5) is 11.4 Å². The van der Waals surface area contributed by atoms with Gasteiger partial charge in [0, 0.05) is 17.8 Å². The smallest absolute Gasteiger partial charge is 0.251 e. The quantitative estimate of drug-likeness (QED) is 0.568. The van der Waals surface area contributed by atoms with E-state index in [1.54, 1.807) is 24.3 Å². The molecule has 0 unspecified atom stereocenters. The zero-order chi connectivity index (χ0) is 19.1. The summed E-state index contributed by atoms with van der Waals surface area (Å²) in [5.74, 6) is -0.464. The van der Waals surface area contributed by atoms with Crippen LogP contribution < -0.4 is 16.0 Å². The molecule has 8 heteroatoms. The number of anilines is 2. The molecule has 138 valence electrons. The molecule has 2 aromatic rings. The summed E-state index contributed by atoms with van der Waals surface area (Å²) in [5, 5.41) is 9.33. The van der Waals surface area contributed by atoms with Gasteiger partial charge >= 0.3 is 0 Å². The second-order valence-electron chi connectivity index (χ2n) is 5.48. The first-order chi connectivity index (χ1) is 12.4. The third-order valence-corrected chi connectivity index (χ3v) is 4.43. The highest BCUT2D eigenvalue weighted by Gasteiger charge is 2.10. The normalized spacial score (nSPS) is 10.3. The molecule has 26 heavy (non-hydrogen) atoms. The molecule has 0 radical (unpaired) electrons. The van der Waals surface area contributed by atoms with Crippen LogP contribution in [0.2, 0.25) is 15.1 Å². The maximum absolute atomic E-state index is 12.1. The fraction of sp³-hybridized carbons (Fsp3) is 0.222. The van der Waals surface area contributed by atoms with Gasteiger partial charge < -0.3 is 16.0 Å². The average molecular weight is 415 g/mol. The number of carbonyl (C=O) groups excluding carboxylic acids is 2. The summed E-state index contributed by atoms with van der Waals surface area (Å²) in [6, 6.07) is 9.87. The lowest BCUT2D eigenvalue weighted by Crippen LogP contribution is -2.24. The Bertz CT molecular complexity index is 812. The van der Waals surface area contributed by atoms with Crippen molar-refractivity contribution in [2.45, 2.75) is 13.3 Å². The minimum Gasteiger partial charge on any atom is -0.376 e. The van der Waals surface area contributed by atoms with Crippen LogP contribution in [0.3, 0.4) is 0 Å². The number of carbonyl (C=O) groups is 2. The number of nitrogens with one attached hydrogen (secondary N) is 3. The van der Waals surface area contributed by atoms with Crippen LogP contribution >= 0.6 is 34.8 Å². The van der Waals surface area contributed by atoms with Gasteiger partial charge in [-0.25, -0.2) is 0 Å². The molecule has 0 aromatic heterocycles. The molecule has 0 spiro atoms. The first-order valence-corrected chi connectivity index (χ1v) is 9.10. The number of hydrogen-bond acceptors (Lipinski definition) is 3. The van der Waals surface area contributed by atoms with E-state index in [0.717, 1.165) is 6.42 Å². The van der Waals surface area contributed by atoms with Gasteiger partial charge in [-0.15, -0.1) is 0 Å². The zero-order valence-electron chi connectivity index (χ0n) is 14.0. The predicted molar refractivity (Wildman–Crippen MR) is 108 cm³/mol. The summed E-state index contributed by atoms with van der Waals surface area (Å²) < 4.78 is 0. The first-order valence-electron chi connectivity index (χ1n) is 7.97. The summed E-state index contributed by atoms with van der Waals surface area (Å²) in [6.45, 7) is 2.59. The maximum Gasteiger partial charge on any atom is 0.251 e.